The van der Waals surface area contributed by atoms with Gasteiger partial charge in [-0.05, 0) is 43.7 Å². The van der Waals surface area contributed by atoms with Crippen LogP contribution in [0.5, 0.6) is 11.5 Å². The van der Waals surface area contributed by atoms with E-state index in [1.807, 2.05) is 31.2 Å². The van der Waals surface area contributed by atoms with Crippen LogP contribution in [0.15, 0.2) is 36.4 Å². The zero-order valence-corrected chi connectivity index (χ0v) is 14.1. The number of fused-ring (bicyclic) bond motifs is 1. The summed E-state index contributed by atoms with van der Waals surface area (Å²) in [7, 11) is 0. The molecule has 0 saturated heterocycles. The summed E-state index contributed by atoms with van der Waals surface area (Å²) in [5.41, 5.74) is 4.10. The number of benzene rings is 2. The minimum atomic E-state index is 0.228. The van der Waals surface area contributed by atoms with Crippen molar-refractivity contribution in [3.05, 3.63) is 58.7 Å². The summed E-state index contributed by atoms with van der Waals surface area (Å²) in [6, 6.07) is 14.0. The van der Waals surface area contributed by atoms with E-state index in [1.54, 1.807) is 0 Å². The Bertz CT molecular complexity index is 765. The van der Waals surface area contributed by atoms with Crippen molar-refractivity contribution in [2.45, 2.75) is 39.5 Å². The van der Waals surface area contributed by atoms with E-state index in [0.29, 0.717) is 25.3 Å². The van der Waals surface area contributed by atoms with Gasteiger partial charge in [0.25, 0.3) is 0 Å². The fraction of sp³-hybridized carbons (Fsp3) is 0.350. The van der Waals surface area contributed by atoms with Crippen LogP contribution in [0, 0.1) is 11.3 Å². The predicted octanol–water partition coefficient (Wildman–Crippen LogP) is 3.57. The van der Waals surface area contributed by atoms with Crippen molar-refractivity contribution in [2.24, 2.45) is 0 Å². The number of rotatable bonds is 6. The van der Waals surface area contributed by atoms with Gasteiger partial charge in [0.2, 0.25) is 0 Å². The second-order valence-corrected chi connectivity index (χ2v) is 6.05. The normalized spacial score (nSPS) is 15.5. The number of nitrogens with zero attached hydrogens (tertiary/aromatic N) is 1. The lowest BCUT2D eigenvalue weighted by molar-refractivity contribution is 0.254. The largest absolute Gasteiger partial charge is 0.494 e. The molecule has 0 spiro atoms. The highest BCUT2D eigenvalue weighted by Crippen LogP contribution is 2.35. The quantitative estimate of drug-likeness (QED) is 0.883. The van der Waals surface area contributed by atoms with Crippen LogP contribution in [0.2, 0.25) is 0 Å². The Morgan fingerprint density at radius 2 is 2.17 bits per heavy atom. The molecule has 124 valence electrons. The van der Waals surface area contributed by atoms with Gasteiger partial charge in [0.1, 0.15) is 17.6 Å². The molecule has 0 saturated carbocycles. The van der Waals surface area contributed by atoms with Crippen molar-refractivity contribution < 1.29 is 9.47 Å². The molecule has 3 rings (SSSR count). The van der Waals surface area contributed by atoms with Gasteiger partial charge in [0.15, 0.2) is 0 Å². The van der Waals surface area contributed by atoms with E-state index in [0.717, 1.165) is 29.0 Å². The molecule has 0 aromatic heterocycles. The third kappa shape index (κ3) is 3.69. The maximum atomic E-state index is 8.97. The Labute approximate surface area is 143 Å². The number of nitriles is 1. The lowest BCUT2D eigenvalue weighted by Gasteiger charge is -2.13. The van der Waals surface area contributed by atoms with Gasteiger partial charge in [0.05, 0.1) is 18.2 Å². The first-order valence-corrected chi connectivity index (χ1v) is 8.34. The highest BCUT2D eigenvalue weighted by Gasteiger charge is 2.21. The molecule has 0 aliphatic carbocycles. The van der Waals surface area contributed by atoms with E-state index < -0.39 is 0 Å². The molecule has 4 heteroatoms. The molecule has 0 bridgehead atoms. The van der Waals surface area contributed by atoms with E-state index in [2.05, 4.69) is 30.4 Å². The summed E-state index contributed by atoms with van der Waals surface area (Å²) in [6.07, 6.45) is 1.16. The first-order chi connectivity index (χ1) is 11.7. The molecule has 1 aliphatic rings. The summed E-state index contributed by atoms with van der Waals surface area (Å²) in [5, 5.41) is 12.4. The number of hydrogen-bond acceptors (Lipinski definition) is 4. The minimum absolute atomic E-state index is 0.228. The fourth-order valence-corrected chi connectivity index (χ4v) is 3.00. The Morgan fingerprint density at radius 3 is 2.96 bits per heavy atom. The highest BCUT2D eigenvalue weighted by atomic mass is 16.5. The van der Waals surface area contributed by atoms with Gasteiger partial charge >= 0.3 is 0 Å². The number of hydrogen-bond donors (Lipinski definition) is 1. The van der Waals surface area contributed by atoms with Gasteiger partial charge in [-0.2, -0.15) is 5.26 Å². The van der Waals surface area contributed by atoms with E-state index in [-0.39, 0.29) is 6.10 Å². The van der Waals surface area contributed by atoms with Gasteiger partial charge < -0.3 is 14.8 Å². The molecular formula is C20H22N2O2. The summed E-state index contributed by atoms with van der Waals surface area (Å²) < 4.78 is 11.7. The van der Waals surface area contributed by atoms with Gasteiger partial charge in [-0.25, -0.2) is 0 Å². The third-order valence-corrected chi connectivity index (χ3v) is 4.08. The molecule has 1 N–H and O–H groups in total. The third-order valence-electron chi connectivity index (χ3n) is 4.08. The van der Waals surface area contributed by atoms with Crippen molar-refractivity contribution in [3.8, 4) is 17.6 Å². The SMILES string of the molecule is CCOc1cc2c(cc1CNCc1cccc(C#N)c1)O[C@H](C)C2. The Balaban J connectivity index is 1.70. The highest BCUT2D eigenvalue weighted by molar-refractivity contribution is 5.48. The topological polar surface area (TPSA) is 54.3 Å². The van der Waals surface area contributed by atoms with Crippen LogP contribution in [0.3, 0.4) is 0 Å². The van der Waals surface area contributed by atoms with Crippen molar-refractivity contribution in [2.75, 3.05) is 6.61 Å². The van der Waals surface area contributed by atoms with Crippen LogP contribution in [0.25, 0.3) is 0 Å². The van der Waals surface area contributed by atoms with Crippen LogP contribution < -0.4 is 14.8 Å². The lowest BCUT2D eigenvalue weighted by atomic mass is 10.1. The van der Waals surface area contributed by atoms with Gasteiger partial charge in [0, 0.05) is 30.6 Å². The first kappa shape index (κ1) is 16.4. The number of ether oxygens (including phenoxy) is 2. The van der Waals surface area contributed by atoms with E-state index in [9.17, 15) is 0 Å². The van der Waals surface area contributed by atoms with Crippen molar-refractivity contribution in [3.63, 3.8) is 0 Å². The van der Waals surface area contributed by atoms with E-state index in [1.165, 1.54) is 5.56 Å². The van der Waals surface area contributed by atoms with Gasteiger partial charge in [-0.15, -0.1) is 0 Å². The van der Waals surface area contributed by atoms with Crippen LogP contribution in [-0.2, 0) is 19.5 Å². The molecule has 1 atom stereocenters. The molecular weight excluding hydrogens is 300 g/mol. The summed E-state index contributed by atoms with van der Waals surface area (Å²) in [5.74, 6) is 1.89. The van der Waals surface area contributed by atoms with Crippen molar-refractivity contribution in [1.29, 1.82) is 5.26 Å². The van der Waals surface area contributed by atoms with Crippen molar-refractivity contribution >= 4 is 0 Å². The fourth-order valence-electron chi connectivity index (χ4n) is 3.00. The molecule has 4 nitrogen and oxygen atoms in total. The second kappa shape index (κ2) is 7.37. The van der Waals surface area contributed by atoms with Crippen LogP contribution in [0.1, 0.15) is 36.1 Å². The van der Waals surface area contributed by atoms with Crippen LogP contribution in [0.4, 0.5) is 0 Å². The van der Waals surface area contributed by atoms with Crippen LogP contribution in [-0.4, -0.2) is 12.7 Å². The molecule has 24 heavy (non-hydrogen) atoms. The maximum Gasteiger partial charge on any atom is 0.124 e. The first-order valence-electron chi connectivity index (χ1n) is 8.34. The Morgan fingerprint density at radius 1 is 1.29 bits per heavy atom. The van der Waals surface area contributed by atoms with E-state index in [4.69, 9.17) is 14.7 Å². The summed E-state index contributed by atoms with van der Waals surface area (Å²) >= 11 is 0. The molecule has 0 unspecified atom stereocenters. The summed E-state index contributed by atoms with van der Waals surface area (Å²) in [4.78, 5) is 0. The summed E-state index contributed by atoms with van der Waals surface area (Å²) in [6.45, 7) is 6.12. The smallest absolute Gasteiger partial charge is 0.124 e. The molecule has 0 radical (unpaired) electrons. The standard InChI is InChI=1S/C20H22N2O2/c1-3-23-19-9-17-7-14(2)24-20(17)10-18(19)13-22-12-16-6-4-5-15(8-16)11-21/h4-6,8-10,14,22H,3,7,12-13H2,1-2H3/t14-/m1/s1. The molecule has 0 fully saturated rings. The monoisotopic (exact) mass is 322 g/mol. The average molecular weight is 322 g/mol. The maximum absolute atomic E-state index is 8.97. The minimum Gasteiger partial charge on any atom is -0.494 e. The molecule has 0 amide bonds. The Kier molecular flexibility index (Phi) is 5.02. The van der Waals surface area contributed by atoms with Gasteiger partial charge in [-0.3, -0.25) is 0 Å². The van der Waals surface area contributed by atoms with Crippen LogP contribution >= 0.6 is 0 Å². The van der Waals surface area contributed by atoms with Gasteiger partial charge in [-0.1, -0.05) is 12.1 Å². The predicted molar refractivity (Wildman–Crippen MR) is 93.1 cm³/mol. The van der Waals surface area contributed by atoms with E-state index >= 15 is 0 Å². The zero-order valence-electron chi connectivity index (χ0n) is 14.1. The second-order valence-electron chi connectivity index (χ2n) is 6.05. The lowest BCUT2D eigenvalue weighted by Crippen LogP contribution is -2.14. The Hall–Kier alpha value is -2.51. The molecule has 2 aromatic rings. The average Bonchev–Trinajstić information content (AvgIpc) is 2.94. The van der Waals surface area contributed by atoms with Crippen molar-refractivity contribution in [1.82, 2.24) is 5.32 Å². The zero-order chi connectivity index (χ0) is 16.9. The molecule has 1 aliphatic heterocycles. The number of nitrogens with one attached hydrogen (secondary N) is 1. The molecule has 1 heterocycles. The molecule has 2 aromatic carbocycles.